The first-order chi connectivity index (χ1) is 8.20. The van der Waals surface area contributed by atoms with Crippen molar-refractivity contribution in [2.45, 2.75) is 25.9 Å². The second-order valence-corrected chi connectivity index (χ2v) is 4.04. The zero-order valence-corrected chi connectivity index (χ0v) is 9.68. The highest BCUT2D eigenvalue weighted by molar-refractivity contribution is 5.87. The topological polar surface area (TPSA) is 84.6 Å². The van der Waals surface area contributed by atoms with Gasteiger partial charge in [-0.25, -0.2) is 4.79 Å². The van der Waals surface area contributed by atoms with Gasteiger partial charge in [0.25, 0.3) is 6.01 Å². The van der Waals surface area contributed by atoms with Crippen molar-refractivity contribution >= 4 is 12.0 Å². The molecule has 6 nitrogen and oxygen atoms in total. The zero-order chi connectivity index (χ0) is 12.3. The van der Waals surface area contributed by atoms with Crippen LogP contribution in [-0.2, 0) is 4.74 Å². The smallest absolute Gasteiger partial charge is 0.360 e. The van der Waals surface area contributed by atoms with Crippen molar-refractivity contribution in [1.29, 1.82) is 0 Å². The Morgan fingerprint density at radius 1 is 1.76 bits per heavy atom. The maximum absolute atomic E-state index is 11.3. The van der Waals surface area contributed by atoms with Crippen LogP contribution in [0.4, 0.5) is 6.01 Å². The fourth-order valence-corrected chi connectivity index (χ4v) is 1.49. The highest BCUT2D eigenvalue weighted by Crippen LogP contribution is 2.32. The molecule has 1 fully saturated rings. The monoisotopic (exact) mass is 240 g/mol. The van der Waals surface area contributed by atoms with Gasteiger partial charge in [0.2, 0.25) is 0 Å². The molecule has 0 aliphatic heterocycles. The third kappa shape index (κ3) is 3.20. The summed E-state index contributed by atoms with van der Waals surface area (Å²) in [4.78, 5) is 15.2. The molecule has 6 heteroatoms. The molecular weight excluding hydrogens is 224 g/mol. The number of nitrogens with zero attached hydrogens (tertiary/aromatic N) is 1. The number of carbonyl (C=O) groups is 1. The maximum atomic E-state index is 11.3. The molecule has 0 bridgehead atoms. The van der Waals surface area contributed by atoms with E-state index in [1.165, 1.54) is 6.26 Å². The minimum atomic E-state index is -0.507. The molecule has 1 aliphatic rings. The summed E-state index contributed by atoms with van der Waals surface area (Å²) >= 11 is 0. The lowest BCUT2D eigenvalue weighted by molar-refractivity contribution is 0.0519. The molecule has 1 unspecified atom stereocenters. The first kappa shape index (κ1) is 11.9. The third-order valence-electron chi connectivity index (χ3n) is 2.62. The molecule has 1 aromatic rings. The van der Waals surface area contributed by atoms with Gasteiger partial charge >= 0.3 is 5.97 Å². The second-order valence-electron chi connectivity index (χ2n) is 4.04. The Morgan fingerprint density at radius 3 is 3.18 bits per heavy atom. The molecule has 1 atom stereocenters. The summed E-state index contributed by atoms with van der Waals surface area (Å²) in [5.41, 5.74) is 0.135. The number of anilines is 1. The molecule has 0 spiro atoms. The first-order valence-electron chi connectivity index (χ1n) is 5.75. The lowest BCUT2D eigenvalue weighted by Crippen LogP contribution is -2.21. The fraction of sp³-hybridized carbons (Fsp3) is 0.636. The molecule has 0 radical (unpaired) electrons. The molecule has 1 aliphatic carbocycles. The van der Waals surface area contributed by atoms with Gasteiger partial charge in [-0.15, -0.1) is 0 Å². The number of carbonyl (C=O) groups excluding carboxylic acids is 1. The van der Waals surface area contributed by atoms with Crippen molar-refractivity contribution < 1.29 is 19.1 Å². The summed E-state index contributed by atoms with van der Waals surface area (Å²) in [6, 6.07) is 0.229. The predicted octanol–water partition coefficient (Wildman–Crippen LogP) is 1.03. The normalized spacial score (nSPS) is 16.6. The van der Waals surface area contributed by atoms with E-state index in [0.29, 0.717) is 19.1 Å². The largest absolute Gasteiger partial charge is 0.461 e. The lowest BCUT2D eigenvalue weighted by atomic mass is 10.2. The van der Waals surface area contributed by atoms with Crippen LogP contribution in [0.3, 0.4) is 0 Å². The Balaban J connectivity index is 1.82. The highest BCUT2D eigenvalue weighted by Gasteiger charge is 2.29. The molecule has 2 N–H and O–H groups in total. The predicted molar refractivity (Wildman–Crippen MR) is 59.7 cm³/mol. The van der Waals surface area contributed by atoms with E-state index in [4.69, 9.17) is 9.15 Å². The summed E-state index contributed by atoms with van der Waals surface area (Å²) in [5, 5.41) is 12.5. The van der Waals surface area contributed by atoms with Crippen molar-refractivity contribution in [3.63, 3.8) is 0 Å². The standard InChI is InChI=1S/C11H16N2O4/c1-2-16-10(15)8-6-17-11(13-8)12-5-9(14)7-3-4-7/h6-7,9,14H,2-5H2,1H3,(H,12,13). The van der Waals surface area contributed by atoms with Crippen molar-refractivity contribution in [2.75, 3.05) is 18.5 Å². The van der Waals surface area contributed by atoms with E-state index in [9.17, 15) is 9.90 Å². The highest BCUT2D eigenvalue weighted by atomic mass is 16.5. The average Bonchev–Trinajstić information content (AvgIpc) is 3.05. The summed E-state index contributed by atoms with van der Waals surface area (Å²) in [7, 11) is 0. The van der Waals surface area contributed by atoms with Crippen molar-refractivity contribution in [1.82, 2.24) is 4.98 Å². The van der Waals surface area contributed by atoms with Crippen LogP contribution in [0.1, 0.15) is 30.3 Å². The number of esters is 1. The fourth-order valence-electron chi connectivity index (χ4n) is 1.49. The molecule has 1 heterocycles. The van der Waals surface area contributed by atoms with E-state index < -0.39 is 5.97 Å². The quantitative estimate of drug-likeness (QED) is 0.722. The molecular formula is C11H16N2O4. The maximum Gasteiger partial charge on any atom is 0.360 e. The van der Waals surface area contributed by atoms with Crippen LogP contribution < -0.4 is 5.32 Å². The van der Waals surface area contributed by atoms with Gasteiger partial charge in [-0.3, -0.25) is 0 Å². The van der Waals surface area contributed by atoms with Crippen LogP contribution >= 0.6 is 0 Å². The minimum absolute atomic E-state index is 0.135. The van der Waals surface area contributed by atoms with Gasteiger partial charge in [0, 0.05) is 6.54 Å². The third-order valence-corrected chi connectivity index (χ3v) is 2.62. The Kier molecular flexibility index (Phi) is 3.63. The van der Waals surface area contributed by atoms with Crippen molar-refractivity contribution in [2.24, 2.45) is 5.92 Å². The van der Waals surface area contributed by atoms with E-state index in [1.54, 1.807) is 6.92 Å². The van der Waals surface area contributed by atoms with Gasteiger partial charge < -0.3 is 19.6 Å². The van der Waals surface area contributed by atoms with Gasteiger partial charge in [0.15, 0.2) is 5.69 Å². The number of aliphatic hydroxyl groups is 1. The lowest BCUT2D eigenvalue weighted by Gasteiger charge is -2.08. The van der Waals surface area contributed by atoms with Crippen LogP contribution in [0.2, 0.25) is 0 Å². The van der Waals surface area contributed by atoms with Gasteiger partial charge in [0.1, 0.15) is 6.26 Å². The molecule has 0 saturated heterocycles. The molecule has 0 aromatic carbocycles. The molecule has 1 aromatic heterocycles. The summed E-state index contributed by atoms with van der Waals surface area (Å²) in [6.45, 7) is 2.41. The molecule has 94 valence electrons. The molecule has 17 heavy (non-hydrogen) atoms. The molecule has 0 amide bonds. The van der Waals surface area contributed by atoms with Crippen LogP contribution in [0.5, 0.6) is 0 Å². The van der Waals surface area contributed by atoms with Gasteiger partial charge in [-0.05, 0) is 25.7 Å². The number of ether oxygens (including phenoxy) is 1. The average molecular weight is 240 g/mol. The minimum Gasteiger partial charge on any atom is -0.461 e. The van der Waals surface area contributed by atoms with E-state index in [1.807, 2.05) is 0 Å². The Hall–Kier alpha value is -1.56. The zero-order valence-electron chi connectivity index (χ0n) is 9.68. The molecule has 1 saturated carbocycles. The number of nitrogens with one attached hydrogen (secondary N) is 1. The van der Waals surface area contributed by atoms with Crippen LogP contribution in [0.15, 0.2) is 10.7 Å². The number of hydrogen-bond donors (Lipinski definition) is 2. The summed E-state index contributed by atoms with van der Waals surface area (Å²) in [5.74, 6) is -0.117. The van der Waals surface area contributed by atoms with E-state index >= 15 is 0 Å². The number of oxazole rings is 1. The van der Waals surface area contributed by atoms with Crippen LogP contribution in [0.25, 0.3) is 0 Å². The van der Waals surface area contributed by atoms with E-state index in [-0.39, 0.29) is 17.8 Å². The van der Waals surface area contributed by atoms with Crippen molar-refractivity contribution in [3.05, 3.63) is 12.0 Å². The molecule has 2 rings (SSSR count). The van der Waals surface area contributed by atoms with Gasteiger partial charge in [-0.2, -0.15) is 4.98 Å². The van der Waals surface area contributed by atoms with Crippen molar-refractivity contribution in [3.8, 4) is 0 Å². The number of aliphatic hydroxyl groups excluding tert-OH is 1. The second kappa shape index (κ2) is 5.18. The number of aromatic nitrogens is 1. The Bertz CT molecular complexity index is 387. The van der Waals surface area contributed by atoms with E-state index in [2.05, 4.69) is 10.3 Å². The number of rotatable bonds is 6. The Morgan fingerprint density at radius 2 is 2.53 bits per heavy atom. The number of hydrogen-bond acceptors (Lipinski definition) is 6. The SMILES string of the molecule is CCOC(=O)c1coc(NCC(O)C2CC2)n1. The Labute approximate surface area is 99.0 Å². The first-order valence-corrected chi connectivity index (χ1v) is 5.75. The van der Waals surface area contributed by atoms with E-state index in [0.717, 1.165) is 12.8 Å². The van der Waals surface area contributed by atoms with Gasteiger partial charge in [0.05, 0.1) is 12.7 Å². The van der Waals surface area contributed by atoms with Crippen LogP contribution in [0, 0.1) is 5.92 Å². The van der Waals surface area contributed by atoms with Crippen LogP contribution in [-0.4, -0.2) is 35.3 Å². The summed E-state index contributed by atoms with van der Waals surface area (Å²) < 4.78 is 9.82. The summed E-state index contributed by atoms with van der Waals surface area (Å²) in [6.07, 6.45) is 3.00. The van der Waals surface area contributed by atoms with Gasteiger partial charge in [-0.1, -0.05) is 0 Å².